The molecule has 0 saturated carbocycles. The van der Waals surface area contributed by atoms with E-state index in [1.54, 1.807) is 6.20 Å². The second-order valence-electron chi connectivity index (χ2n) is 4.80. The Kier molecular flexibility index (Phi) is 3.46. The lowest BCUT2D eigenvalue weighted by Gasteiger charge is -2.36. The largest absolute Gasteiger partial charge is 0.369 e. The van der Waals surface area contributed by atoms with Gasteiger partial charge in [-0.15, -0.1) is 0 Å². The number of benzene rings is 1. The molecule has 0 N–H and O–H groups in total. The summed E-state index contributed by atoms with van der Waals surface area (Å²) in [6.07, 6.45) is 5.62. The summed E-state index contributed by atoms with van der Waals surface area (Å²) in [7, 11) is 0. The van der Waals surface area contributed by atoms with Crippen LogP contribution in [0.2, 0.25) is 0 Å². The molecule has 0 unspecified atom stereocenters. The minimum Gasteiger partial charge on any atom is -0.369 e. The predicted octanol–water partition coefficient (Wildman–Crippen LogP) is 1.80. The molecule has 100 valence electrons. The van der Waals surface area contributed by atoms with Gasteiger partial charge in [-0.25, -0.2) is 9.37 Å². The van der Waals surface area contributed by atoms with Crippen molar-refractivity contribution in [2.24, 2.45) is 0 Å². The minimum absolute atomic E-state index is 0.178. The van der Waals surface area contributed by atoms with Crippen molar-refractivity contribution in [2.45, 2.75) is 6.67 Å². The van der Waals surface area contributed by atoms with Crippen LogP contribution in [-0.2, 0) is 6.67 Å². The van der Waals surface area contributed by atoms with Gasteiger partial charge in [0, 0.05) is 44.3 Å². The van der Waals surface area contributed by atoms with Crippen LogP contribution in [-0.4, -0.2) is 40.6 Å². The molecule has 0 radical (unpaired) electrons. The number of hydrogen-bond acceptors (Lipinski definition) is 3. The van der Waals surface area contributed by atoms with Gasteiger partial charge in [0.05, 0.1) is 13.0 Å². The predicted molar refractivity (Wildman–Crippen MR) is 72.4 cm³/mol. The molecule has 3 rings (SSSR count). The highest BCUT2D eigenvalue weighted by molar-refractivity contribution is 5.46. The minimum atomic E-state index is -0.178. The van der Waals surface area contributed by atoms with Gasteiger partial charge in [-0.2, -0.15) is 0 Å². The smallest absolute Gasteiger partial charge is 0.123 e. The zero-order chi connectivity index (χ0) is 13.1. The maximum Gasteiger partial charge on any atom is 0.123 e. The standard InChI is InChI=1S/C14H17FN4/c15-13-1-3-14(4-2-13)19-9-7-17(8-10-19)12-18-6-5-16-11-18/h1-6,11H,7-10,12H2. The molecule has 0 aliphatic carbocycles. The second-order valence-corrected chi connectivity index (χ2v) is 4.80. The molecule has 2 aromatic rings. The monoisotopic (exact) mass is 260 g/mol. The topological polar surface area (TPSA) is 24.3 Å². The van der Waals surface area contributed by atoms with E-state index in [0.717, 1.165) is 38.5 Å². The molecular formula is C14H17FN4. The first-order valence-electron chi connectivity index (χ1n) is 6.50. The van der Waals surface area contributed by atoms with E-state index in [0.29, 0.717) is 0 Å². The Morgan fingerprint density at radius 1 is 1.05 bits per heavy atom. The van der Waals surface area contributed by atoms with E-state index in [2.05, 4.69) is 19.4 Å². The van der Waals surface area contributed by atoms with Crippen molar-refractivity contribution in [1.29, 1.82) is 0 Å². The third-order valence-corrected chi connectivity index (χ3v) is 3.49. The van der Waals surface area contributed by atoms with Crippen LogP contribution in [0.4, 0.5) is 10.1 Å². The Balaban J connectivity index is 1.56. The highest BCUT2D eigenvalue weighted by Gasteiger charge is 2.17. The van der Waals surface area contributed by atoms with E-state index >= 15 is 0 Å². The summed E-state index contributed by atoms with van der Waals surface area (Å²) in [5.74, 6) is -0.178. The average molecular weight is 260 g/mol. The van der Waals surface area contributed by atoms with E-state index in [1.807, 2.05) is 24.7 Å². The highest BCUT2D eigenvalue weighted by Crippen LogP contribution is 2.17. The molecule has 1 fully saturated rings. The summed E-state index contributed by atoms with van der Waals surface area (Å²) in [6.45, 7) is 4.85. The van der Waals surface area contributed by atoms with Gasteiger partial charge in [0.1, 0.15) is 5.82 Å². The molecule has 0 atom stereocenters. The zero-order valence-electron chi connectivity index (χ0n) is 10.7. The van der Waals surface area contributed by atoms with Gasteiger partial charge < -0.3 is 9.47 Å². The fourth-order valence-corrected chi connectivity index (χ4v) is 2.40. The van der Waals surface area contributed by atoms with Crippen LogP contribution < -0.4 is 4.90 Å². The van der Waals surface area contributed by atoms with Crippen molar-refractivity contribution in [2.75, 3.05) is 31.1 Å². The van der Waals surface area contributed by atoms with Crippen LogP contribution in [0.3, 0.4) is 0 Å². The summed E-state index contributed by atoms with van der Waals surface area (Å²) < 4.78 is 15.0. The zero-order valence-corrected chi connectivity index (χ0v) is 10.7. The molecule has 2 heterocycles. The number of aromatic nitrogens is 2. The molecule has 1 aliphatic heterocycles. The van der Waals surface area contributed by atoms with Crippen LogP contribution in [0, 0.1) is 5.82 Å². The van der Waals surface area contributed by atoms with Crippen LogP contribution in [0.25, 0.3) is 0 Å². The highest BCUT2D eigenvalue weighted by atomic mass is 19.1. The Bertz CT molecular complexity index is 501. The molecule has 0 spiro atoms. The normalized spacial score (nSPS) is 16.8. The number of hydrogen-bond donors (Lipinski definition) is 0. The molecule has 0 amide bonds. The summed E-state index contributed by atoms with van der Waals surface area (Å²) >= 11 is 0. The summed E-state index contributed by atoms with van der Waals surface area (Å²) in [5, 5.41) is 0. The van der Waals surface area contributed by atoms with Crippen molar-refractivity contribution in [1.82, 2.24) is 14.5 Å². The molecular weight excluding hydrogens is 243 g/mol. The van der Waals surface area contributed by atoms with Gasteiger partial charge in [0.25, 0.3) is 0 Å². The number of halogens is 1. The van der Waals surface area contributed by atoms with Crippen LogP contribution in [0.1, 0.15) is 0 Å². The van der Waals surface area contributed by atoms with Crippen molar-refractivity contribution in [3.8, 4) is 0 Å². The third-order valence-electron chi connectivity index (χ3n) is 3.49. The SMILES string of the molecule is Fc1ccc(N2CCN(Cn3ccnc3)CC2)cc1. The number of rotatable bonds is 3. The van der Waals surface area contributed by atoms with Gasteiger partial charge in [0.2, 0.25) is 0 Å². The molecule has 5 heteroatoms. The molecule has 4 nitrogen and oxygen atoms in total. The van der Waals surface area contributed by atoms with Crippen LogP contribution >= 0.6 is 0 Å². The molecule has 1 aliphatic rings. The number of anilines is 1. The Hall–Kier alpha value is -1.88. The van der Waals surface area contributed by atoms with Crippen LogP contribution in [0.5, 0.6) is 0 Å². The van der Waals surface area contributed by atoms with Gasteiger partial charge in [-0.3, -0.25) is 4.90 Å². The first-order valence-corrected chi connectivity index (χ1v) is 6.50. The number of piperazine rings is 1. The first kappa shape index (κ1) is 12.2. The third kappa shape index (κ3) is 2.93. The number of nitrogens with zero attached hydrogens (tertiary/aromatic N) is 4. The van der Waals surface area contributed by atoms with E-state index in [4.69, 9.17) is 0 Å². The Labute approximate surface area is 112 Å². The lowest BCUT2D eigenvalue weighted by molar-refractivity contribution is 0.206. The molecule has 1 aromatic heterocycles. The maximum atomic E-state index is 12.9. The summed E-state index contributed by atoms with van der Waals surface area (Å²) in [4.78, 5) is 8.73. The average Bonchev–Trinajstić information content (AvgIpc) is 2.94. The molecule has 1 aromatic carbocycles. The quantitative estimate of drug-likeness (QED) is 0.841. The van der Waals surface area contributed by atoms with Crippen molar-refractivity contribution in [3.05, 3.63) is 48.8 Å². The molecule has 19 heavy (non-hydrogen) atoms. The maximum absolute atomic E-state index is 12.9. The fraction of sp³-hybridized carbons (Fsp3) is 0.357. The van der Waals surface area contributed by atoms with Gasteiger partial charge in [-0.1, -0.05) is 0 Å². The number of imidazole rings is 1. The van der Waals surface area contributed by atoms with Gasteiger partial charge in [0.15, 0.2) is 0 Å². The van der Waals surface area contributed by atoms with Crippen molar-refractivity contribution < 1.29 is 4.39 Å². The molecule has 1 saturated heterocycles. The van der Waals surface area contributed by atoms with Gasteiger partial charge >= 0.3 is 0 Å². The van der Waals surface area contributed by atoms with Gasteiger partial charge in [-0.05, 0) is 24.3 Å². The second kappa shape index (κ2) is 5.40. The van der Waals surface area contributed by atoms with Crippen molar-refractivity contribution in [3.63, 3.8) is 0 Å². The van der Waals surface area contributed by atoms with Crippen LogP contribution in [0.15, 0.2) is 43.0 Å². The van der Waals surface area contributed by atoms with E-state index in [9.17, 15) is 4.39 Å². The Morgan fingerprint density at radius 3 is 2.42 bits per heavy atom. The fourth-order valence-electron chi connectivity index (χ4n) is 2.40. The van der Waals surface area contributed by atoms with Crippen molar-refractivity contribution >= 4 is 5.69 Å². The van der Waals surface area contributed by atoms with E-state index in [-0.39, 0.29) is 5.82 Å². The lowest BCUT2D eigenvalue weighted by atomic mass is 10.2. The van der Waals surface area contributed by atoms with E-state index in [1.165, 1.54) is 12.1 Å². The van der Waals surface area contributed by atoms with E-state index < -0.39 is 0 Å². The molecule has 0 bridgehead atoms. The summed E-state index contributed by atoms with van der Waals surface area (Å²) in [5.41, 5.74) is 1.10. The Morgan fingerprint density at radius 2 is 1.79 bits per heavy atom. The summed E-state index contributed by atoms with van der Waals surface area (Å²) in [6, 6.07) is 6.74. The lowest BCUT2D eigenvalue weighted by Crippen LogP contribution is -2.46. The first-order chi connectivity index (χ1) is 9.31.